The number of benzene rings is 1. The number of aromatic nitrogens is 1. The van der Waals surface area contributed by atoms with Crippen molar-refractivity contribution >= 4 is 41.4 Å². The number of esters is 3. The molecule has 15 nitrogen and oxygen atoms in total. The standard InChI is InChI=1S/C56H85N5O10/c1-16-43(47-29-23-24-32-57-47)31-30-38(5)35-61(60-52(65)50(56(12,13)14)59-54(67)68-15)36-45(39(6)53(66)70-41(8)69-40(7)62)48(33-42-26-19-18-20-27-42)58-51(64)46(55(9,10)11)34-49(63)71-44(17-2)28-22-21-25-37(3)4/h16,18-20,23-24,26-27,29-32,37,39,41,44-46,48,50H,5,17,21-22,25,28,33-36H2,1-4,6-15H3,(H,58,64)(H,59,67)(H,60,65). The molecule has 1 aromatic carbocycles. The van der Waals surface area contributed by atoms with E-state index in [1.807, 2.05) is 95.3 Å². The van der Waals surface area contributed by atoms with Crippen molar-refractivity contribution in [3.63, 3.8) is 0 Å². The number of hydrazine groups is 1. The predicted octanol–water partition coefficient (Wildman–Crippen LogP) is 9.72. The molecule has 2 rings (SSSR count). The Bertz CT molecular complexity index is 2080. The Balaban J connectivity index is 2.80. The summed E-state index contributed by atoms with van der Waals surface area (Å²) in [4.78, 5) is 86.5. The summed E-state index contributed by atoms with van der Waals surface area (Å²) >= 11 is 0. The van der Waals surface area contributed by atoms with Gasteiger partial charge in [-0.1, -0.05) is 143 Å². The molecule has 0 fully saturated rings. The number of methoxy groups -OCH3 is 1. The SMILES string of the molecule is C=C(C=CC(=CC)c1ccccn1)CN(CC(C(Cc1ccccc1)NC(=O)C(CC(=O)OC(CC)CCCCC(C)C)C(C)(C)C)C(C)C(=O)OC(C)OC(C)=O)NC(=O)C(NC(=O)OC)C(C)(C)C. The van der Waals surface area contributed by atoms with Gasteiger partial charge in [0.2, 0.25) is 12.2 Å². The van der Waals surface area contributed by atoms with E-state index in [0.29, 0.717) is 17.9 Å². The van der Waals surface area contributed by atoms with Crippen LogP contribution in [-0.2, 0) is 49.3 Å². The van der Waals surface area contributed by atoms with Crippen molar-refractivity contribution in [1.29, 1.82) is 0 Å². The average molecular weight is 988 g/mol. The predicted molar refractivity (Wildman–Crippen MR) is 278 cm³/mol. The topological polar surface area (TPSA) is 192 Å². The molecule has 0 radical (unpaired) electrons. The highest BCUT2D eigenvalue weighted by Gasteiger charge is 2.41. The number of hydrogen-bond acceptors (Lipinski definition) is 12. The summed E-state index contributed by atoms with van der Waals surface area (Å²) in [7, 11) is 1.21. The van der Waals surface area contributed by atoms with Crippen LogP contribution in [0.4, 0.5) is 4.79 Å². The van der Waals surface area contributed by atoms with Gasteiger partial charge in [0.05, 0.1) is 31.1 Å². The molecule has 7 atom stereocenters. The first-order chi connectivity index (χ1) is 33.3. The molecular weight excluding hydrogens is 903 g/mol. The van der Waals surface area contributed by atoms with Gasteiger partial charge in [0, 0.05) is 45.1 Å². The number of unbranched alkanes of at least 4 members (excludes halogenated alkanes) is 1. The maximum Gasteiger partial charge on any atom is 0.407 e. The second kappa shape index (κ2) is 30.1. The zero-order valence-corrected chi connectivity index (χ0v) is 45.1. The molecule has 71 heavy (non-hydrogen) atoms. The summed E-state index contributed by atoms with van der Waals surface area (Å²) in [5.74, 6) is -4.99. The number of amides is 3. The summed E-state index contributed by atoms with van der Waals surface area (Å²) in [6.07, 6.45) is 9.43. The minimum absolute atomic E-state index is 0.0111. The van der Waals surface area contributed by atoms with Crippen LogP contribution >= 0.6 is 0 Å². The lowest BCUT2D eigenvalue weighted by atomic mass is 9.77. The van der Waals surface area contributed by atoms with Crippen LogP contribution in [0.5, 0.6) is 0 Å². The largest absolute Gasteiger partial charge is 0.462 e. The van der Waals surface area contributed by atoms with Crippen LogP contribution < -0.4 is 16.1 Å². The van der Waals surface area contributed by atoms with Gasteiger partial charge in [-0.15, -0.1) is 0 Å². The molecule has 1 aromatic heterocycles. The molecule has 0 saturated carbocycles. The summed E-state index contributed by atoms with van der Waals surface area (Å²) < 4.78 is 21.8. The highest BCUT2D eigenvalue weighted by Crippen LogP contribution is 2.32. The number of alkyl carbamates (subject to hydrolysis) is 1. The minimum atomic E-state index is -1.23. The molecule has 0 aliphatic heterocycles. The van der Waals surface area contributed by atoms with Crippen LogP contribution in [0.2, 0.25) is 0 Å². The summed E-state index contributed by atoms with van der Waals surface area (Å²) in [5, 5.41) is 7.53. The monoisotopic (exact) mass is 988 g/mol. The Morgan fingerprint density at radius 2 is 1.46 bits per heavy atom. The Hall–Kier alpha value is -5.83. The molecular formula is C56H85N5O10. The number of rotatable bonds is 28. The van der Waals surface area contributed by atoms with Crippen molar-refractivity contribution in [2.45, 2.75) is 159 Å². The van der Waals surface area contributed by atoms with Gasteiger partial charge in [-0.2, -0.15) is 0 Å². The highest BCUT2D eigenvalue weighted by molar-refractivity contribution is 5.86. The normalized spacial score (nSPS) is 15.1. The summed E-state index contributed by atoms with van der Waals surface area (Å²) in [6.45, 7) is 27.9. The van der Waals surface area contributed by atoms with Gasteiger partial charge < -0.3 is 29.6 Å². The van der Waals surface area contributed by atoms with Crippen LogP contribution in [0, 0.1) is 34.5 Å². The van der Waals surface area contributed by atoms with Crippen LogP contribution in [0.25, 0.3) is 5.57 Å². The molecule has 0 aliphatic carbocycles. The Kier molecular flexibility index (Phi) is 26.0. The highest BCUT2D eigenvalue weighted by atomic mass is 16.7. The van der Waals surface area contributed by atoms with Gasteiger partial charge in [0.15, 0.2) is 0 Å². The van der Waals surface area contributed by atoms with Gasteiger partial charge >= 0.3 is 24.0 Å². The lowest BCUT2D eigenvalue weighted by Crippen LogP contribution is -2.59. The van der Waals surface area contributed by atoms with Crippen molar-refractivity contribution in [1.82, 2.24) is 26.1 Å². The minimum Gasteiger partial charge on any atom is -0.462 e. The molecule has 3 amide bonds. The van der Waals surface area contributed by atoms with E-state index in [1.165, 1.54) is 21.0 Å². The average Bonchev–Trinajstić information content (AvgIpc) is 3.29. The molecule has 0 aliphatic rings. The van der Waals surface area contributed by atoms with Crippen LogP contribution in [0.15, 0.2) is 85.1 Å². The number of hydrogen-bond donors (Lipinski definition) is 3. The van der Waals surface area contributed by atoms with E-state index in [4.69, 9.17) is 18.9 Å². The fourth-order valence-corrected chi connectivity index (χ4v) is 8.11. The lowest BCUT2D eigenvalue weighted by Gasteiger charge is -2.39. The number of carbonyl (C=O) groups excluding carboxylic acids is 6. The number of pyridine rings is 1. The zero-order chi connectivity index (χ0) is 53.5. The van der Waals surface area contributed by atoms with Gasteiger partial charge in [-0.05, 0) is 78.2 Å². The lowest BCUT2D eigenvalue weighted by molar-refractivity contribution is -0.187. The van der Waals surface area contributed by atoms with E-state index < -0.39 is 82.8 Å². The first kappa shape index (κ1) is 61.3. The fourth-order valence-electron chi connectivity index (χ4n) is 8.11. The maximum atomic E-state index is 15.0. The first-order valence-electron chi connectivity index (χ1n) is 25.0. The van der Waals surface area contributed by atoms with Gasteiger partial charge in [-0.25, -0.2) is 9.80 Å². The zero-order valence-electron chi connectivity index (χ0n) is 45.1. The number of ether oxygens (including phenoxy) is 4. The van der Waals surface area contributed by atoms with Crippen molar-refractivity contribution < 1.29 is 47.7 Å². The van der Waals surface area contributed by atoms with Gasteiger partial charge in [0.25, 0.3) is 5.91 Å². The number of nitrogens with one attached hydrogen (secondary N) is 3. The van der Waals surface area contributed by atoms with E-state index in [2.05, 4.69) is 41.5 Å². The number of carbonyl (C=O) groups is 6. The molecule has 1 heterocycles. The van der Waals surface area contributed by atoms with E-state index >= 15 is 0 Å². The quantitative estimate of drug-likeness (QED) is 0.0183. The van der Waals surface area contributed by atoms with Crippen molar-refractivity contribution in [2.75, 3.05) is 20.2 Å². The molecule has 0 saturated heterocycles. The molecule has 394 valence electrons. The fraction of sp³-hybridized carbons (Fsp3) is 0.589. The van der Waals surface area contributed by atoms with Crippen LogP contribution in [-0.4, -0.2) is 90.5 Å². The summed E-state index contributed by atoms with van der Waals surface area (Å²) in [6, 6.07) is 13.1. The molecule has 15 heteroatoms. The molecule has 2 aromatic rings. The molecule has 0 spiro atoms. The second-order valence-electron chi connectivity index (χ2n) is 20.9. The van der Waals surface area contributed by atoms with Crippen molar-refractivity contribution in [2.24, 2.45) is 34.5 Å². The maximum absolute atomic E-state index is 15.0. The number of allylic oxidation sites excluding steroid dienone is 3. The van der Waals surface area contributed by atoms with Gasteiger partial charge in [0.1, 0.15) is 12.1 Å². The Morgan fingerprint density at radius 3 is 2.01 bits per heavy atom. The van der Waals surface area contributed by atoms with E-state index in [-0.39, 0.29) is 32.0 Å². The molecule has 0 bridgehead atoms. The van der Waals surface area contributed by atoms with Crippen LogP contribution in [0.3, 0.4) is 0 Å². The molecule has 3 N–H and O–H groups in total. The van der Waals surface area contributed by atoms with E-state index in [9.17, 15) is 28.8 Å². The Morgan fingerprint density at radius 1 is 0.817 bits per heavy atom. The van der Waals surface area contributed by atoms with E-state index in [1.54, 1.807) is 45.0 Å². The van der Waals surface area contributed by atoms with E-state index in [0.717, 1.165) is 42.5 Å². The number of nitrogens with zero attached hydrogens (tertiary/aromatic N) is 2. The molecule has 7 unspecified atom stereocenters. The third kappa shape index (κ3) is 22.9. The van der Waals surface area contributed by atoms with Crippen LogP contribution in [0.1, 0.15) is 140 Å². The van der Waals surface area contributed by atoms with Gasteiger partial charge in [-0.3, -0.25) is 34.4 Å². The smallest absolute Gasteiger partial charge is 0.407 e. The van der Waals surface area contributed by atoms with Crippen molar-refractivity contribution in [3.8, 4) is 0 Å². The third-order valence-electron chi connectivity index (χ3n) is 12.3. The third-order valence-corrected chi connectivity index (χ3v) is 12.3. The Labute approximate surface area is 424 Å². The summed E-state index contributed by atoms with van der Waals surface area (Å²) in [5.41, 5.74) is 4.44. The second-order valence-corrected chi connectivity index (χ2v) is 20.9. The van der Waals surface area contributed by atoms with Crippen molar-refractivity contribution in [3.05, 3.63) is 96.4 Å². The first-order valence-corrected chi connectivity index (χ1v) is 25.0.